The average molecular weight is 336 g/mol. The molecule has 4 nitrogen and oxygen atoms in total. The van der Waals surface area contributed by atoms with E-state index < -0.39 is 0 Å². The van der Waals surface area contributed by atoms with Crippen molar-refractivity contribution in [2.45, 2.75) is 11.2 Å². The van der Waals surface area contributed by atoms with E-state index in [9.17, 15) is 10.1 Å². The summed E-state index contributed by atoms with van der Waals surface area (Å²) in [5.41, 5.74) is 1.86. The quantitative estimate of drug-likeness (QED) is 0.465. The summed E-state index contributed by atoms with van der Waals surface area (Å²) >= 11 is 3.59. The Hall–Kier alpha value is -1.88. The maximum Gasteiger partial charge on any atom is 0.272 e. The minimum atomic E-state index is -0.362. The molecule has 20 heavy (non-hydrogen) atoms. The first-order valence-electron chi connectivity index (χ1n) is 6.12. The Morgan fingerprint density at radius 2 is 1.95 bits per heavy atom. The second-order valence-electron chi connectivity index (χ2n) is 4.33. The van der Waals surface area contributed by atoms with Gasteiger partial charge in [-0.3, -0.25) is 10.1 Å². The molecule has 2 aromatic rings. The molecule has 1 atom stereocenters. The zero-order chi connectivity index (χ0) is 14.5. The van der Waals surface area contributed by atoms with Gasteiger partial charge in [-0.25, -0.2) is 0 Å². The van der Waals surface area contributed by atoms with E-state index in [2.05, 4.69) is 15.9 Å². The molecule has 0 heterocycles. The highest BCUT2D eigenvalue weighted by Gasteiger charge is 2.18. The zero-order valence-corrected chi connectivity index (χ0v) is 12.5. The molecule has 0 spiro atoms. The van der Waals surface area contributed by atoms with Gasteiger partial charge in [0, 0.05) is 16.5 Å². The first-order chi connectivity index (χ1) is 9.61. The van der Waals surface area contributed by atoms with Crippen LogP contribution in [0.15, 0.2) is 48.5 Å². The molecule has 0 amide bonds. The number of halogens is 1. The third-order valence-electron chi connectivity index (χ3n) is 3.04. The SMILES string of the molecule is COc1ccc([N+](=O)[O-])c(CC(Br)c2ccccc2)c1. The molecule has 0 bridgehead atoms. The molecule has 0 saturated heterocycles. The second kappa shape index (κ2) is 6.52. The molecule has 0 fully saturated rings. The van der Waals surface area contributed by atoms with Crippen molar-refractivity contribution in [3.8, 4) is 5.75 Å². The molecule has 5 heteroatoms. The highest BCUT2D eigenvalue weighted by Crippen LogP contribution is 2.32. The van der Waals surface area contributed by atoms with Gasteiger partial charge in [0.2, 0.25) is 0 Å². The van der Waals surface area contributed by atoms with Crippen molar-refractivity contribution < 1.29 is 9.66 Å². The van der Waals surface area contributed by atoms with Gasteiger partial charge in [0.05, 0.1) is 12.0 Å². The van der Waals surface area contributed by atoms with Crippen LogP contribution in [0.4, 0.5) is 5.69 Å². The highest BCUT2D eigenvalue weighted by molar-refractivity contribution is 9.09. The Balaban J connectivity index is 2.29. The van der Waals surface area contributed by atoms with Gasteiger partial charge in [-0.15, -0.1) is 0 Å². The molecule has 1 unspecified atom stereocenters. The number of rotatable bonds is 5. The molecule has 2 aromatic carbocycles. The van der Waals surface area contributed by atoms with Crippen molar-refractivity contribution >= 4 is 21.6 Å². The van der Waals surface area contributed by atoms with Crippen LogP contribution in [0.2, 0.25) is 0 Å². The summed E-state index contributed by atoms with van der Waals surface area (Å²) in [4.78, 5) is 10.7. The maximum absolute atomic E-state index is 11.1. The Labute approximate surface area is 125 Å². The van der Waals surface area contributed by atoms with E-state index in [0.717, 1.165) is 5.56 Å². The number of hydrogen-bond acceptors (Lipinski definition) is 3. The predicted molar refractivity (Wildman–Crippen MR) is 81.5 cm³/mol. The van der Waals surface area contributed by atoms with Crippen LogP contribution in [0.5, 0.6) is 5.75 Å². The number of alkyl halides is 1. The highest BCUT2D eigenvalue weighted by atomic mass is 79.9. The van der Waals surface area contributed by atoms with Crippen LogP contribution in [0.1, 0.15) is 16.0 Å². The molecule has 0 aliphatic heterocycles. The van der Waals surface area contributed by atoms with Gasteiger partial charge in [0.25, 0.3) is 5.69 Å². The molecule has 0 aliphatic rings. The summed E-state index contributed by atoms with van der Waals surface area (Å²) in [6.45, 7) is 0. The van der Waals surface area contributed by atoms with Crippen LogP contribution in [0.3, 0.4) is 0 Å². The third-order valence-corrected chi connectivity index (χ3v) is 3.90. The number of benzene rings is 2. The van der Waals surface area contributed by atoms with E-state index in [4.69, 9.17) is 4.74 Å². The number of ether oxygens (including phenoxy) is 1. The second-order valence-corrected chi connectivity index (χ2v) is 5.44. The van der Waals surface area contributed by atoms with Crippen molar-refractivity contribution in [3.05, 3.63) is 69.8 Å². The summed E-state index contributed by atoms with van der Waals surface area (Å²) in [7, 11) is 1.55. The number of nitro benzene ring substituents is 1. The van der Waals surface area contributed by atoms with E-state index >= 15 is 0 Å². The normalized spacial score (nSPS) is 11.9. The zero-order valence-electron chi connectivity index (χ0n) is 11.0. The van der Waals surface area contributed by atoms with Crippen molar-refractivity contribution in [2.75, 3.05) is 7.11 Å². The minimum absolute atomic E-state index is 0.0227. The van der Waals surface area contributed by atoms with Crippen LogP contribution >= 0.6 is 15.9 Å². The lowest BCUT2D eigenvalue weighted by molar-refractivity contribution is -0.385. The van der Waals surface area contributed by atoms with Gasteiger partial charge in [0.15, 0.2) is 0 Å². The monoisotopic (exact) mass is 335 g/mol. The van der Waals surface area contributed by atoms with E-state index in [1.807, 2.05) is 30.3 Å². The van der Waals surface area contributed by atoms with Crippen LogP contribution < -0.4 is 4.74 Å². The maximum atomic E-state index is 11.1. The first kappa shape index (κ1) is 14.5. The third kappa shape index (κ3) is 3.36. The molecule has 0 aliphatic carbocycles. The number of methoxy groups -OCH3 is 1. The smallest absolute Gasteiger partial charge is 0.272 e. The molecular formula is C15H14BrNO3. The van der Waals surface area contributed by atoms with Crippen molar-refractivity contribution in [1.82, 2.24) is 0 Å². The summed E-state index contributed by atoms with van der Waals surface area (Å²) in [6, 6.07) is 14.6. The molecule has 0 aromatic heterocycles. The van der Waals surface area contributed by atoms with Crippen LogP contribution in [0.25, 0.3) is 0 Å². The fraction of sp³-hybridized carbons (Fsp3) is 0.200. The van der Waals surface area contributed by atoms with Crippen molar-refractivity contribution in [1.29, 1.82) is 0 Å². The fourth-order valence-electron chi connectivity index (χ4n) is 2.00. The lowest BCUT2D eigenvalue weighted by atomic mass is 10.0. The van der Waals surface area contributed by atoms with E-state index in [-0.39, 0.29) is 15.4 Å². The molecule has 104 valence electrons. The van der Waals surface area contributed by atoms with Crippen LogP contribution in [-0.2, 0) is 6.42 Å². The standard InChI is InChI=1S/C15H14BrNO3/c1-20-13-7-8-15(17(18)19)12(9-13)10-14(16)11-5-3-2-4-6-11/h2-9,14H,10H2,1H3. The van der Waals surface area contributed by atoms with E-state index in [1.165, 1.54) is 6.07 Å². The van der Waals surface area contributed by atoms with Gasteiger partial charge in [0.1, 0.15) is 5.75 Å². The molecule has 0 radical (unpaired) electrons. The van der Waals surface area contributed by atoms with Gasteiger partial charge in [-0.2, -0.15) is 0 Å². The minimum Gasteiger partial charge on any atom is -0.497 e. The fourth-order valence-corrected chi connectivity index (χ4v) is 2.66. The summed E-state index contributed by atoms with van der Waals surface area (Å²) in [5.74, 6) is 0.623. The van der Waals surface area contributed by atoms with Gasteiger partial charge in [-0.05, 0) is 24.1 Å². The summed E-state index contributed by atoms with van der Waals surface area (Å²) < 4.78 is 5.14. The van der Waals surface area contributed by atoms with Crippen LogP contribution in [-0.4, -0.2) is 12.0 Å². The van der Waals surface area contributed by atoms with E-state index in [0.29, 0.717) is 17.7 Å². The number of nitrogens with zero attached hydrogens (tertiary/aromatic N) is 1. The lowest BCUT2D eigenvalue weighted by Crippen LogP contribution is -2.01. The lowest BCUT2D eigenvalue weighted by Gasteiger charge is -2.11. The van der Waals surface area contributed by atoms with E-state index in [1.54, 1.807) is 19.2 Å². The average Bonchev–Trinajstić information content (AvgIpc) is 2.47. The summed E-state index contributed by atoms with van der Waals surface area (Å²) in [5, 5.41) is 11.1. The van der Waals surface area contributed by atoms with Crippen molar-refractivity contribution in [3.63, 3.8) is 0 Å². The van der Waals surface area contributed by atoms with Gasteiger partial charge < -0.3 is 4.74 Å². The van der Waals surface area contributed by atoms with Gasteiger partial charge >= 0.3 is 0 Å². The molecule has 0 N–H and O–H groups in total. The first-order valence-corrected chi connectivity index (χ1v) is 7.03. The predicted octanol–water partition coefficient (Wildman–Crippen LogP) is 4.28. The summed E-state index contributed by atoms with van der Waals surface area (Å²) in [6.07, 6.45) is 0.525. The van der Waals surface area contributed by atoms with Gasteiger partial charge in [-0.1, -0.05) is 46.3 Å². The Morgan fingerprint density at radius 1 is 1.25 bits per heavy atom. The molecular weight excluding hydrogens is 322 g/mol. The topological polar surface area (TPSA) is 52.4 Å². The van der Waals surface area contributed by atoms with Crippen LogP contribution in [0, 0.1) is 10.1 Å². The molecule has 0 saturated carbocycles. The van der Waals surface area contributed by atoms with Crippen molar-refractivity contribution in [2.24, 2.45) is 0 Å². The number of nitro groups is 1. The number of hydrogen-bond donors (Lipinski definition) is 0. The molecule has 2 rings (SSSR count). The Bertz CT molecular complexity index is 601. The Morgan fingerprint density at radius 3 is 2.55 bits per heavy atom. The largest absolute Gasteiger partial charge is 0.497 e. The Kier molecular flexibility index (Phi) is 4.74.